The van der Waals surface area contributed by atoms with Gasteiger partial charge in [0.25, 0.3) is 11.7 Å². The number of benzene rings is 1. The van der Waals surface area contributed by atoms with Gasteiger partial charge in [-0.05, 0) is 44.2 Å². The van der Waals surface area contributed by atoms with E-state index in [-0.39, 0.29) is 16.9 Å². The monoisotopic (exact) mass is 491 g/mol. The van der Waals surface area contributed by atoms with Gasteiger partial charge in [-0.2, -0.15) is 18.3 Å². The van der Waals surface area contributed by atoms with Crippen LogP contribution in [-0.4, -0.2) is 57.5 Å². The zero-order valence-corrected chi connectivity index (χ0v) is 19.2. The van der Waals surface area contributed by atoms with Gasteiger partial charge < -0.3 is 9.80 Å². The van der Waals surface area contributed by atoms with Gasteiger partial charge in [0.15, 0.2) is 0 Å². The van der Waals surface area contributed by atoms with Crippen LogP contribution in [0, 0.1) is 13.8 Å². The molecule has 1 saturated heterocycles. The second-order valence-electron chi connectivity index (χ2n) is 7.95. The number of aryl methyl sites for hydroxylation is 1. The van der Waals surface area contributed by atoms with Crippen LogP contribution in [0.4, 0.5) is 19.0 Å². The van der Waals surface area contributed by atoms with E-state index in [0.29, 0.717) is 36.9 Å². The SMILES string of the molecule is Cc1nn(-c2cccc(C(F)(F)F)c2)c(C)c1C(=O)C(=O)N1CCN(c2ccc(Cl)cn2)CC1. The van der Waals surface area contributed by atoms with Gasteiger partial charge in [0.2, 0.25) is 0 Å². The number of Topliss-reactive ketones (excluding diaryl/α,β-unsaturated/α-hetero) is 1. The van der Waals surface area contributed by atoms with Crippen LogP contribution in [0.25, 0.3) is 5.69 Å². The Kier molecular flexibility index (Phi) is 6.35. The van der Waals surface area contributed by atoms with Gasteiger partial charge in [0, 0.05) is 32.4 Å². The number of ketones is 1. The number of hydrogen-bond donors (Lipinski definition) is 0. The number of rotatable bonds is 4. The zero-order valence-electron chi connectivity index (χ0n) is 18.4. The molecule has 3 aromatic rings. The maximum atomic E-state index is 13.1. The lowest BCUT2D eigenvalue weighted by atomic mass is 10.1. The molecule has 1 amide bonds. The van der Waals surface area contributed by atoms with Crippen molar-refractivity contribution in [1.29, 1.82) is 0 Å². The Hall–Kier alpha value is -3.40. The highest BCUT2D eigenvalue weighted by atomic mass is 35.5. The molecule has 0 saturated carbocycles. The van der Waals surface area contributed by atoms with E-state index in [1.54, 1.807) is 32.2 Å². The molecule has 0 aliphatic carbocycles. The van der Waals surface area contributed by atoms with Gasteiger partial charge in [-0.25, -0.2) is 9.67 Å². The van der Waals surface area contributed by atoms with Crippen LogP contribution in [-0.2, 0) is 11.0 Å². The summed E-state index contributed by atoms with van der Waals surface area (Å²) in [6.45, 7) is 4.76. The molecule has 1 aliphatic rings. The second-order valence-corrected chi connectivity index (χ2v) is 8.39. The largest absolute Gasteiger partial charge is 0.416 e. The molecule has 34 heavy (non-hydrogen) atoms. The lowest BCUT2D eigenvalue weighted by Crippen LogP contribution is -2.51. The molecular weight excluding hydrogens is 471 g/mol. The Balaban J connectivity index is 1.51. The number of amides is 1. The number of nitrogens with zero attached hydrogens (tertiary/aromatic N) is 5. The maximum absolute atomic E-state index is 13.1. The first-order valence-electron chi connectivity index (χ1n) is 10.5. The molecule has 0 spiro atoms. The third kappa shape index (κ3) is 4.63. The third-order valence-corrected chi connectivity index (χ3v) is 5.96. The summed E-state index contributed by atoms with van der Waals surface area (Å²) in [7, 11) is 0. The number of halogens is 4. The summed E-state index contributed by atoms with van der Waals surface area (Å²) in [5.41, 5.74) is 0.0150. The minimum absolute atomic E-state index is 0.101. The molecule has 7 nitrogen and oxygen atoms in total. The van der Waals surface area contributed by atoms with Crippen LogP contribution in [0.5, 0.6) is 0 Å². The Bertz CT molecular complexity index is 1230. The summed E-state index contributed by atoms with van der Waals surface area (Å²) in [5, 5.41) is 4.77. The lowest BCUT2D eigenvalue weighted by molar-refractivity contribution is -0.137. The highest BCUT2D eigenvalue weighted by Gasteiger charge is 2.33. The third-order valence-electron chi connectivity index (χ3n) is 5.73. The molecule has 0 bridgehead atoms. The van der Waals surface area contributed by atoms with E-state index in [0.717, 1.165) is 18.0 Å². The van der Waals surface area contributed by atoms with Crippen molar-refractivity contribution in [3.63, 3.8) is 0 Å². The number of aromatic nitrogens is 3. The molecule has 1 aliphatic heterocycles. The van der Waals surface area contributed by atoms with E-state index >= 15 is 0 Å². The Morgan fingerprint density at radius 2 is 1.74 bits per heavy atom. The van der Waals surface area contributed by atoms with Gasteiger partial charge in [0.05, 0.1) is 33.2 Å². The van der Waals surface area contributed by atoms with E-state index in [1.165, 1.54) is 21.7 Å². The van der Waals surface area contributed by atoms with Gasteiger partial charge in [-0.15, -0.1) is 0 Å². The molecule has 3 heterocycles. The highest BCUT2D eigenvalue weighted by Crippen LogP contribution is 2.31. The van der Waals surface area contributed by atoms with E-state index < -0.39 is 23.4 Å². The highest BCUT2D eigenvalue weighted by molar-refractivity contribution is 6.43. The molecule has 178 valence electrons. The van der Waals surface area contributed by atoms with E-state index in [2.05, 4.69) is 10.1 Å². The molecule has 0 unspecified atom stereocenters. The molecule has 1 fully saturated rings. The molecule has 0 atom stereocenters. The molecule has 0 N–H and O–H groups in total. The number of carbonyl (C=O) groups excluding carboxylic acids is 2. The van der Waals surface area contributed by atoms with Crippen LogP contribution in [0.1, 0.15) is 27.3 Å². The molecule has 0 radical (unpaired) electrons. The van der Waals surface area contributed by atoms with Gasteiger partial charge in [-0.3, -0.25) is 9.59 Å². The second kappa shape index (κ2) is 9.09. The minimum atomic E-state index is -4.51. The normalized spacial score (nSPS) is 14.4. The Morgan fingerprint density at radius 3 is 2.35 bits per heavy atom. The summed E-state index contributed by atoms with van der Waals surface area (Å²) >= 11 is 5.87. The fraction of sp³-hybridized carbons (Fsp3) is 0.304. The first-order valence-corrected chi connectivity index (χ1v) is 10.9. The Labute approximate surface area is 198 Å². The van der Waals surface area contributed by atoms with Crippen LogP contribution in [0.2, 0.25) is 5.02 Å². The van der Waals surface area contributed by atoms with Crippen molar-refractivity contribution in [1.82, 2.24) is 19.7 Å². The lowest BCUT2D eigenvalue weighted by Gasteiger charge is -2.35. The Morgan fingerprint density at radius 1 is 1.03 bits per heavy atom. The molecule has 4 rings (SSSR count). The predicted octanol–water partition coefficient (Wildman–Crippen LogP) is 4.09. The van der Waals surface area contributed by atoms with Gasteiger partial charge in [0.1, 0.15) is 5.82 Å². The zero-order chi connectivity index (χ0) is 24.6. The van der Waals surface area contributed by atoms with Crippen LogP contribution >= 0.6 is 11.6 Å². The average molecular weight is 492 g/mol. The number of anilines is 1. The number of carbonyl (C=O) groups is 2. The minimum Gasteiger partial charge on any atom is -0.353 e. The topological polar surface area (TPSA) is 71.3 Å². The quantitative estimate of drug-likeness (QED) is 0.406. The fourth-order valence-electron chi connectivity index (χ4n) is 3.98. The van der Waals surface area contributed by atoms with Crippen molar-refractivity contribution in [2.24, 2.45) is 0 Å². The van der Waals surface area contributed by atoms with Crippen LogP contribution < -0.4 is 4.90 Å². The summed E-state index contributed by atoms with van der Waals surface area (Å²) < 4.78 is 40.6. The van der Waals surface area contributed by atoms with Crippen molar-refractivity contribution < 1.29 is 22.8 Å². The van der Waals surface area contributed by atoms with E-state index in [9.17, 15) is 22.8 Å². The van der Waals surface area contributed by atoms with E-state index in [4.69, 9.17) is 11.6 Å². The number of alkyl halides is 3. The number of hydrogen-bond acceptors (Lipinski definition) is 5. The first-order chi connectivity index (χ1) is 16.1. The molecule has 1 aromatic carbocycles. The van der Waals surface area contributed by atoms with Crippen molar-refractivity contribution in [3.8, 4) is 5.69 Å². The van der Waals surface area contributed by atoms with Crippen molar-refractivity contribution in [3.05, 3.63) is 70.1 Å². The summed E-state index contributed by atoms with van der Waals surface area (Å²) in [4.78, 5) is 33.8. The predicted molar refractivity (Wildman–Crippen MR) is 120 cm³/mol. The maximum Gasteiger partial charge on any atom is 0.416 e. The summed E-state index contributed by atoms with van der Waals surface area (Å²) in [6, 6.07) is 8.19. The fourth-order valence-corrected chi connectivity index (χ4v) is 4.09. The first kappa shape index (κ1) is 23.7. The van der Waals surface area contributed by atoms with E-state index in [1.807, 2.05) is 4.90 Å². The van der Waals surface area contributed by atoms with Crippen molar-refractivity contribution in [2.45, 2.75) is 20.0 Å². The van der Waals surface area contributed by atoms with Crippen LogP contribution in [0.3, 0.4) is 0 Å². The summed E-state index contributed by atoms with van der Waals surface area (Å²) in [5.74, 6) is -0.665. The average Bonchev–Trinajstić information content (AvgIpc) is 3.12. The number of piperazine rings is 1. The number of pyridine rings is 1. The van der Waals surface area contributed by atoms with Crippen molar-refractivity contribution in [2.75, 3.05) is 31.1 Å². The standard InChI is InChI=1S/C23H21ClF3N5O2/c1-14-20(15(2)32(29-14)18-5-3-4-16(12-18)23(25,26)27)21(33)22(34)31-10-8-30(9-11-31)19-7-6-17(24)13-28-19/h3-7,12-13H,8-11H2,1-2H3. The van der Waals surface area contributed by atoms with Crippen molar-refractivity contribution >= 4 is 29.1 Å². The summed E-state index contributed by atoms with van der Waals surface area (Å²) in [6.07, 6.45) is -2.96. The molecular formula is C23H21ClF3N5O2. The van der Waals surface area contributed by atoms with Gasteiger partial charge in [-0.1, -0.05) is 17.7 Å². The van der Waals surface area contributed by atoms with Gasteiger partial charge >= 0.3 is 6.18 Å². The smallest absolute Gasteiger partial charge is 0.353 e. The van der Waals surface area contributed by atoms with Crippen LogP contribution in [0.15, 0.2) is 42.6 Å². The molecule has 11 heteroatoms. The molecule has 2 aromatic heterocycles.